The molecule has 4 nitrogen and oxygen atoms in total. The first-order chi connectivity index (χ1) is 8.24. The average molecular weight is 398 g/mol. The Bertz CT molecular complexity index is 478. The summed E-state index contributed by atoms with van der Waals surface area (Å²) in [5, 5.41) is 3.00. The molecule has 18 heavy (non-hydrogen) atoms. The number of carbonyl (C=O) groups excluding carboxylic acids is 2. The largest absolute Gasteiger partial charge is 0.340 e. The second-order valence-corrected chi connectivity index (χ2v) is 7.63. The van der Waals surface area contributed by atoms with Crippen LogP contribution in [0.25, 0.3) is 0 Å². The van der Waals surface area contributed by atoms with Crippen molar-refractivity contribution in [3.05, 3.63) is 29.0 Å². The van der Waals surface area contributed by atoms with Crippen LogP contribution in [-0.2, 0) is 4.79 Å². The fourth-order valence-corrected chi connectivity index (χ4v) is 2.54. The smallest absolute Gasteiger partial charge is 0.253 e. The van der Waals surface area contributed by atoms with Crippen molar-refractivity contribution in [3.63, 3.8) is 0 Å². The number of hydrogen-bond donors (Lipinski definition) is 1. The Balaban J connectivity index is 2.85. The fraction of sp³-hybridized carbons (Fsp3) is 0.364. The van der Waals surface area contributed by atoms with Crippen molar-refractivity contribution < 1.29 is 9.59 Å². The highest BCUT2D eigenvalue weighted by atomic mass is 79.9. The number of nitrogens with one attached hydrogen (secondary N) is 1. The number of rotatable bonds is 4. The first-order valence-electron chi connectivity index (χ1n) is 4.99. The Hall–Kier alpha value is -0.460. The summed E-state index contributed by atoms with van der Waals surface area (Å²) in [5.41, 5.74) is -0.694. The van der Waals surface area contributed by atoms with Crippen molar-refractivity contribution in [1.29, 1.82) is 0 Å². The number of pyridine rings is 1. The molecular formula is C11H11Br2ClN2O2. The highest BCUT2D eigenvalue weighted by Gasteiger charge is 2.33. The van der Waals surface area contributed by atoms with Crippen LogP contribution < -0.4 is 5.32 Å². The summed E-state index contributed by atoms with van der Waals surface area (Å²) in [6, 6.07) is 1.49. The Morgan fingerprint density at radius 2 is 2.00 bits per heavy atom. The Morgan fingerprint density at radius 1 is 1.39 bits per heavy atom. The van der Waals surface area contributed by atoms with E-state index in [-0.39, 0.29) is 5.78 Å². The number of aromatic nitrogens is 1. The molecule has 0 aliphatic rings. The van der Waals surface area contributed by atoms with Crippen LogP contribution in [0.1, 0.15) is 24.2 Å². The molecule has 0 aromatic carbocycles. The number of alkyl halides is 2. The number of halogens is 3. The standard InChI is InChI=1S/C11H11Br2ClN2O2/c1-11(2,8(17)9(12)13)16-10(18)6-3-7(14)5-15-4-6/h3-5,9H,1-2H3,(H,16,18). The van der Waals surface area contributed by atoms with E-state index in [4.69, 9.17) is 11.6 Å². The second kappa shape index (κ2) is 6.12. The van der Waals surface area contributed by atoms with Crippen molar-refractivity contribution in [3.8, 4) is 0 Å². The van der Waals surface area contributed by atoms with Gasteiger partial charge in [-0.2, -0.15) is 0 Å². The summed E-state index contributed by atoms with van der Waals surface area (Å²) in [5.74, 6) is -0.588. The first-order valence-corrected chi connectivity index (χ1v) is 7.20. The van der Waals surface area contributed by atoms with Crippen molar-refractivity contribution in [2.45, 2.75) is 23.1 Å². The van der Waals surface area contributed by atoms with E-state index in [1.807, 2.05) is 0 Å². The maximum absolute atomic E-state index is 11.9. The summed E-state index contributed by atoms with van der Waals surface area (Å²) in [6.07, 6.45) is 2.82. The van der Waals surface area contributed by atoms with E-state index in [1.165, 1.54) is 18.5 Å². The molecule has 7 heteroatoms. The molecule has 0 saturated carbocycles. The van der Waals surface area contributed by atoms with E-state index in [0.29, 0.717) is 10.6 Å². The molecule has 0 atom stereocenters. The highest BCUT2D eigenvalue weighted by molar-refractivity contribution is 9.25. The van der Waals surface area contributed by atoms with E-state index >= 15 is 0 Å². The van der Waals surface area contributed by atoms with Crippen LogP contribution in [0.5, 0.6) is 0 Å². The molecule has 0 bridgehead atoms. The minimum atomic E-state index is -1.00. The van der Waals surface area contributed by atoms with Gasteiger partial charge in [-0.15, -0.1) is 0 Å². The van der Waals surface area contributed by atoms with Gasteiger partial charge in [0.15, 0.2) is 5.78 Å². The van der Waals surface area contributed by atoms with Crippen LogP contribution in [0, 0.1) is 0 Å². The molecule has 1 aromatic rings. The minimum absolute atomic E-state index is 0.189. The predicted octanol–water partition coefficient (Wildman–Crippen LogP) is 2.93. The van der Waals surface area contributed by atoms with E-state index in [1.54, 1.807) is 13.8 Å². The third kappa shape index (κ3) is 4.03. The fourth-order valence-electron chi connectivity index (χ4n) is 1.23. The Labute approximate surface area is 127 Å². The summed E-state index contributed by atoms with van der Waals surface area (Å²) >= 11 is 12.0. The van der Waals surface area contributed by atoms with Crippen molar-refractivity contribution in [1.82, 2.24) is 10.3 Å². The zero-order valence-electron chi connectivity index (χ0n) is 9.71. The molecule has 1 aromatic heterocycles. The van der Waals surface area contributed by atoms with Gasteiger partial charge in [-0.25, -0.2) is 0 Å². The molecule has 98 valence electrons. The number of carbonyl (C=O) groups is 2. The van der Waals surface area contributed by atoms with Crippen LogP contribution in [0.2, 0.25) is 5.02 Å². The first kappa shape index (κ1) is 15.6. The summed E-state index contributed by atoms with van der Waals surface area (Å²) in [6.45, 7) is 3.25. The van der Waals surface area contributed by atoms with E-state index in [0.717, 1.165) is 0 Å². The van der Waals surface area contributed by atoms with Crippen molar-refractivity contribution in [2.24, 2.45) is 0 Å². The van der Waals surface area contributed by atoms with Gasteiger partial charge in [0.25, 0.3) is 5.91 Å². The van der Waals surface area contributed by atoms with Gasteiger partial charge in [0.05, 0.1) is 16.1 Å². The van der Waals surface area contributed by atoms with Gasteiger partial charge in [0.2, 0.25) is 0 Å². The average Bonchev–Trinajstić information content (AvgIpc) is 2.27. The van der Waals surface area contributed by atoms with Crippen molar-refractivity contribution >= 4 is 55.2 Å². The van der Waals surface area contributed by atoms with Gasteiger partial charge in [0.1, 0.15) is 3.74 Å². The topological polar surface area (TPSA) is 59.1 Å². The van der Waals surface area contributed by atoms with Crippen LogP contribution >= 0.6 is 43.5 Å². The monoisotopic (exact) mass is 396 g/mol. The molecular weight excluding hydrogens is 387 g/mol. The number of Topliss-reactive ketones (excluding diaryl/α,β-unsaturated/α-hetero) is 1. The second-order valence-electron chi connectivity index (χ2n) is 4.14. The zero-order valence-corrected chi connectivity index (χ0v) is 13.6. The maximum Gasteiger partial charge on any atom is 0.253 e. The number of ketones is 1. The van der Waals surface area contributed by atoms with Crippen LogP contribution in [0.4, 0.5) is 0 Å². The lowest BCUT2D eigenvalue weighted by Crippen LogP contribution is -2.51. The molecule has 0 unspecified atom stereocenters. The highest BCUT2D eigenvalue weighted by Crippen LogP contribution is 2.18. The maximum atomic E-state index is 11.9. The minimum Gasteiger partial charge on any atom is -0.340 e. The van der Waals surface area contributed by atoms with E-state index in [9.17, 15) is 9.59 Å². The molecule has 0 radical (unpaired) electrons. The van der Waals surface area contributed by atoms with E-state index in [2.05, 4.69) is 42.2 Å². The van der Waals surface area contributed by atoms with Gasteiger partial charge >= 0.3 is 0 Å². The summed E-state index contributed by atoms with van der Waals surface area (Å²) < 4.78 is -0.516. The van der Waals surface area contributed by atoms with Gasteiger partial charge in [-0.1, -0.05) is 43.5 Å². The molecule has 0 aliphatic heterocycles. The Morgan fingerprint density at radius 3 is 2.50 bits per heavy atom. The van der Waals surface area contributed by atoms with Gasteiger partial charge in [0, 0.05) is 12.4 Å². The third-order valence-corrected chi connectivity index (χ3v) is 3.25. The van der Waals surface area contributed by atoms with Crippen LogP contribution in [0.3, 0.4) is 0 Å². The summed E-state index contributed by atoms with van der Waals surface area (Å²) in [7, 11) is 0. The molecule has 0 spiro atoms. The normalized spacial score (nSPS) is 11.4. The molecule has 1 N–H and O–H groups in total. The molecule has 1 amide bonds. The third-order valence-electron chi connectivity index (χ3n) is 2.21. The quantitative estimate of drug-likeness (QED) is 0.794. The van der Waals surface area contributed by atoms with E-state index < -0.39 is 15.2 Å². The lowest BCUT2D eigenvalue weighted by molar-refractivity contribution is -0.121. The number of nitrogens with zero attached hydrogens (tertiary/aromatic N) is 1. The van der Waals surface area contributed by atoms with Crippen LogP contribution in [0.15, 0.2) is 18.5 Å². The number of hydrogen-bond acceptors (Lipinski definition) is 3. The molecule has 0 aliphatic carbocycles. The van der Waals surface area contributed by atoms with Gasteiger partial charge < -0.3 is 5.32 Å². The zero-order chi connectivity index (χ0) is 13.9. The molecule has 1 rings (SSSR count). The summed E-state index contributed by atoms with van der Waals surface area (Å²) in [4.78, 5) is 27.6. The predicted molar refractivity (Wildman–Crippen MR) is 77.4 cm³/mol. The van der Waals surface area contributed by atoms with Gasteiger partial charge in [-0.05, 0) is 19.9 Å². The van der Waals surface area contributed by atoms with Crippen molar-refractivity contribution in [2.75, 3.05) is 0 Å². The lowest BCUT2D eigenvalue weighted by Gasteiger charge is -2.25. The molecule has 1 heterocycles. The van der Waals surface area contributed by atoms with Crippen LogP contribution in [-0.4, -0.2) is 25.9 Å². The molecule has 0 saturated heterocycles. The SMILES string of the molecule is CC(C)(NC(=O)c1cncc(Cl)c1)C(=O)C(Br)Br. The Kier molecular flexibility index (Phi) is 5.31. The lowest BCUT2D eigenvalue weighted by atomic mass is 10.00. The van der Waals surface area contributed by atoms with Gasteiger partial charge in [-0.3, -0.25) is 14.6 Å². The number of amides is 1. The molecule has 0 fully saturated rings.